The highest BCUT2D eigenvalue weighted by molar-refractivity contribution is 9.10. The maximum Gasteiger partial charge on any atom is 0.345 e. The van der Waals surface area contributed by atoms with Crippen molar-refractivity contribution >= 4 is 33.2 Å². The summed E-state index contributed by atoms with van der Waals surface area (Å²) in [5.74, 6) is -0.219. The zero-order valence-electron chi connectivity index (χ0n) is 6.92. The number of rotatable bonds is 2. The van der Waals surface area contributed by atoms with Gasteiger partial charge in [-0.25, -0.2) is 4.79 Å². The molecule has 0 aromatic carbocycles. The molecular formula is C9H9BrO2S. The Bertz CT molecular complexity index is 341. The topological polar surface area (TPSA) is 37.3 Å². The lowest BCUT2D eigenvalue weighted by Crippen LogP contribution is -2.07. The van der Waals surface area contributed by atoms with Gasteiger partial charge in [0, 0.05) is 9.35 Å². The molecule has 0 saturated heterocycles. The van der Waals surface area contributed by atoms with E-state index in [1.807, 2.05) is 0 Å². The second-order valence-corrected chi connectivity index (χ2v) is 5.19. The highest BCUT2D eigenvalue weighted by atomic mass is 79.9. The molecule has 0 spiro atoms. The van der Waals surface area contributed by atoms with Crippen molar-refractivity contribution in [3.05, 3.63) is 20.3 Å². The number of hydrogen-bond donors (Lipinski definition) is 1. The number of carbonyl (C=O) groups is 1. The van der Waals surface area contributed by atoms with Gasteiger partial charge in [0.15, 0.2) is 0 Å². The highest BCUT2D eigenvalue weighted by Gasteiger charge is 2.25. The van der Waals surface area contributed by atoms with Crippen molar-refractivity contribution in [1.29, 1.82) is 0 Å². The first-order valence-electron chi connectivity index (χ1n) is 4.21. The summed E-state index contributed by atoms with van der Waals surface area (Å²) in [6, 6.07) is 1.71. The Balaban J connectivity index is 2.29. The standard InChI is InChI=1S/C9H9BrO2S/c10-6-4-7(9(11)12)13-8(6)5-2-1-3-5/h4-5H,1-3H2,(H,11,12). The Morgan fingerprint density at radius 1 is 1.62 bits per heavy atom. The van der Waals surface area contributed by atoms with Crippen LogP contribution in [0.3, 0.4) is 0 Å². The molecule has 1 N–H and O–H groups in total. The van der Waals surface area contributed by atoms with Crippen LogP contribution in [-0.2, 0) is 0 Å². The summed E-state index contributed by atoms with van der Waals surface area (Å²) in [4.78, 5) is 12.3. The third-order valence-electron chi connectivity index (χ3n) is 2.40. The minimum absolute atomic E-state index is 0.439. The molecule has 0 radical (unpaired) electrons. The number of thiophene rings is 1. The SMILES string of the molecule is O=C(O)c1cc(Br)c(C2CCC2)s1. The second-order valence-electron chi connectivity index (χ2n) is 3.26. The van der Waals surface area contributed by atoms with Crippen LogP contribution in [0.1, 0.15) is 39.7 Å². The van der Waals surface area contributed by atoms with Gasteiger partial charge in [-0.15, -0.1) is 11.3 Å². The molecule has 70 valence electrons. The molecule has 1 aliphatic carbocycles. The van der Waals surface area contributed by atoms with Gasteiger partial charge in [-0.3, -0.25) is 0 Å². The fraction of sp³-hybridized carbons (Fsp3) is 0.444. The van der Waals surface area contributed by atoms with Crippen molar-refractivity contribution in [3.8, 4) is 0 Å². The van der Waals surface area contributed by atoms with Gasteiger partial charge in [-0.05, 0) is 40.8 Å². The first kappa shape index (κ1) is 9.21. The van der Waals surface area contributed by atoms with Crippen molar-refractivity contribution in [2.75, 3.05) is 0 Å². The summed E-state index contributed by atoms with van der Waals surface area (Å²) in [7, 11) is 0. The number of carboxylic acids is 1. The zero-order valence-corrected chi connectivity index (χ0v) is 9.32. The monoisotopic (exact) mass is 260 g/mol. The second kappa shape index (κ2) is 3.42. The van der Waals surface area contributed by atoms with Gasteiger partial charge >= 0.3 is 5.97 Å². The summed E-state index contributed by atoms with van der Waals surface area (Å²) in [6.45, 7) is 0. The Labute approximate surface area is 88.7 Å². The summed E-state index contributed by atoms with van der Waals surface area (Å²) < 4.78 is 0.972. The zero-order chi connectivity index (χ0) is 9.42. The Hall–Kier alpha value is -0.350. The fourth-order valence-electron chi connectivity index (χ4n) is 1.44. The van der Waals surface area contributed by atoms with Crippen molar-refractivity contribution in [3.63, 3.8) is 0 Å². The van der Waals surface area contributed by atoms with Crippen LogP contribution in [0.15, 0.2) is 10.5 Å². The van der Waals surface area contributed by atoms with Crippen molar-refractivity contribution < 1.29 is 9.90 Å². The van der Waals surface area contributed by atoms with Crippen molar-refractivity contribution in [2.45, 2.75) is 25.2 Å². The molecule has 2 rings (SSSR count). The summed E-state index contributed by atoms with van der Waals surface area (Å²) in [5.41, 5.74) is 0. The van der Waals surface area contributed by atoms with Gasteiger partial charge in [-0.1, -0.05) is 6.42 Å². The molecule has 1 saturated carbocycles. The third kappa shape index (κ3) is 1.65. The normalized spacial score (nSPS) is 17.0. The van der Waals surface area contributed by atoms with Crippen LogP contribution in [0.5, 0.6) is 0 Å². The molecule has 0 amide bonds. The van der Waals surface area contributed by atoms with E-state index in [9.17, 15) is 4.79 Å². The molecule has 1 heterocycles. The Morgan fingerprint density at radius 2 is 2.31 bits per heavy atom. The van der Waals surface area contributed by atoms with Gasteiger partial charge < -0.3 is 5.11 Å². The Kier molecular flexibility index (Phi) is 2.43. The molecule has 1 fully saturated rings. The van der Waals surface area contributed by atoms with Crippen LogP contribution < -0.4 is 0 Å². The molecule has 4 heteroatoms. The average Bonchev–Trinajstić information content (AvgIpc) is 2.29. The van der Waals surface area contributed by atoms with E-state index in [4.69, 9.17) is 5.11 Å². The molecule has 1 aliphatic rings. The van der Waals surface area contributed by atoms with Gasteiger partial charge in [0.25, 0.3) is 0 Å². The summed E-state index contributed by atoms with van der Waals surface area (Å²) >= 11 is 4.81. The maximum atomic E-state index is 10.7. The largest absolute Gasteiger partial charge is 0.477 e. The summed E-state index contributed by atoms with van der Waals surface area (Å²) in [6.07, 6.45) is 3.69. The van der Waals surface area contributed by atoms with E-state index in [1.165, 1.54) is 35.5 Å². The smallest absolute Gasteiger partial charge is 0.345 e. The first-order valence-corrected chi connectivity index (χ1v) is 5.82. The maximum absolute atomic E-state index is 10.7. The highest BCUT2D eigenvalue weighted by Crippen LogP contribution is 2.43. The number of hydrogen-bond acceptors (Lipinski definition) is 2. The van der Waals surface area contributed by atoms with Gasteiger partial charge in [0.2, 0.25) is 0 Å². The molecule has 13 heavy (non-hydrogen) atoms. The number of halogens is 1. The van der Waals surface area contributed by atoms with E-state index in [2.05, 4.69) is 15.9 Å². The lowest BCUT2D eigenvalue weighted by Gasteiger charge is -2.24. The van der Waals surface area contributed by atoms with E-state index in [0.29, 0.717) is 10.8 Å². The van der Waals surface area contributed by atoms with Crippen LogP contribution >= 0.6 is 27.3 Å². The van der Waals surface area contributed by atoms with Crippen LogP contribution in [0.2, 0.25) is 0 Å². The van der Waals surface area contributed by atoms with E-state index in [0.717, 1.165) is 4.47 Å². The third-order valence-corrected chi connectivity index (χ3v) is 4.60. The van der Waals surface area contributed by atoms with E-state index < -0.39 is 5.97 Å². The van der Waals surface area contributed by atoms with Gasteiger partial charge in [0.05, 0.1) is 0 Å². The van der Waals surface area contributed by atoms with Gasteiger partial charge in [0.1, 0.15) is 4.88 Å². The summed E-state index contributed by atoms with van der Waals surface area (Å²) in [5, 5.41) is 8.78. The molecule has 0 bridgehead atoms. The first-order chi connectivity index (χ1) is 6.18. The molecule has 0 atom stereocenters. The predicted octanol–water partition coefficient (Wildman–Crippen LogP) is 3.48. The minimum Gasteiger partial charge on any atom is -0.477 e. The Morgan fingerprint density at radius 3 is 2.69 bits per heavy atom. The van der Waals surface area contributed by atoms with Crippen LogP contribution in [0.4, 0.5) is 0 Å². The number of carboxylic acid groups (broad SMARTS) is 1. The minimum atomic E-state index is -0.823. The molecule has 2 nitrogen and oxygen atoms in total. The molecule has 1 aromatic rings. The van der Waals surface area contributed by atoms with E-state index >= 15 is 0 Å². The van der Waals surface area contributed by atoms with Crippen LogP contribution in [0, 0.1) is 0 Å². The quantitative estimate of drug-likeness (QED) is 0.884. The molecule has 0 aliphatic heterocycles. The van der Waals surface area contributed by atoms with Crippen LogP contribution in [-0.4, -0.2) is 11.1 Å². The lowest BCUT2D eigenvalue weighted by atomic mass is 9.84. The predicted molar refractivity (Wildman–Crippen MR) is 55.6 cm³/mol. The van der Waals surface area contributed by atoms with Crippen molar-refractivity contribution in [2.24, 2.45) is 0 Å². The average molecular weight is 261 g/mol. The van der Waals surface area contributed by atoms with Gasteiger partial charge in [-0.2, -0.15) is 0 Å². The molecule has 0 unspecified atom stereocenters. The molecule has 1 aromatic heterocycles. The van der Waals surface area contributed by atoms with Crippen molar-refractivity contribution in [1.82, 2.24) is 0 Å². The van der Waals surface area contributed by atoms with E-state index in [1.54, 1.807) is 6.07 Å². The van der Waals surface area contributed by atoms with Crippen LogP contribution in [0.25, 0.3) is 0 Å². The lowest BCUT2D eigenvalue weighted by molar-refractivity contribution is 0.0702. The fourth-order valence-corrected chi connectivity index (χ4v) is 3.44. The number of aromatic carboxylic acids is 1. The molecular weight excluding hydrogens is 252 g/mol. The van der Waals surface area contributed by atoms with E-state index in [-0.39, 0.29) is 0 Å².